The van der Waals surface area contributed by atoms with Crippen molar-refractivity contribution in [3.05, 3.63) is 35.1 Å². The molecule has 0 bridgehead atoms. The minimum atomic E-state index is -1.49. The first-order valence-corrected chi connectivity index (χ1v) is 10.8. The lowest BCUT2D eigenvalue weighted by atomic mass is 9.69. The summed E-state index contributed by atoms with van der Waals surface area (Å²) in [7, 11) is 0. The molecule has 2 fully saturated rings. The number of hydrogen-bond donors (Lipinski definition) is 0. The van der Waals surface area contributed by atoms with Gasteiger partial charge in [0.25, 0.3) is 0 Å². The van der Waals surface area contributed by atoms with Gasteiger partial charge in [-0.1, -0.05) is 39.0 Å². The molecule has 0 saturated heterocycles. The summed E-state index contributed by atoms with van der Waals surface area (Å²) in [6.07, 6.45) is 11.3. The van der Waals surface area contributed by atoms with Gasteiger partial charge in [0.15, 0.2) is 17.5 Å². The molecular formula is C23H31F3O2. The zero-order valence-electron chi connectivity index (χ0n) is 16.8. The maximum absolute atomic E-state index is 14.0. The third kappa shape index (κ3) is 4.23. The minimum Gasteiger partial charge on any atom is -0.458 e. The van der Waals surface area contributed by atoms with Crippen LogP contribution in [-0.4, -0.2) is 11.6 Å². The Morgan fingerprint density at radius 1 is 0.929 bits per heavy atom. The fourth-order valence-electron chi connectivity index (χ4n) is 4.99. The van der Waals surface area contributed by atoms with Crippen molar-refractivity contribution in [1.29, 1.82) is 0 Å². The van der Waals surface area contributed by atoms with Crippen LogP contribution >= 0.6 is 0 Å². The smallest absolute Gasteiger partial charge is 0.317 e. The molecule has 3 rings (SSSR count). The monoisotopic (exact) mass is 396 g/mol. The largest absolute Gasteiger partial charge is 0.458 e. The number of hydrogen-bond acceptors (Lipinski definition) is 2. The second-order valence-corrected chi connectivity index (χ2v) is 8.63. The Balaban J connectivity index is 1.93. The number of carbonyl (C=O) groups is 1. The van der Waals surface area contributed by atoms with Gasteiger partial charge in [0.1, 0.15) is 5.60 Å². The van der Waals surface area contributed by atoms with E-state index in [4.69, 9.17) is 4.74 Å². The summed E-state index contributed by atoms with van der Waals surface area (Å²) in [6, 6.07) is 1.98. The van der Waals surface area contributed by atoms with Crippen molar-refractivity contribution in [2.24, 2.45) is 0 Å². The van der Waals surface area contributed by atoms with Crippen LogP contribution in [0.3, 0.4) is 0 Å². The third-order valence-electron chi connectivity index (χ3n) is 6.69. The number of carbonyl (C=O) groups excluding carboxylic acids is 1. The molecule has 28 heavy (non-hydrogen) atoms. The van der Waals surface area contributed by atoms with E-state index in [0.29, 0.717) is 12.8 Å². The van der Waals surface area contributed by atoms with Gasteiger partial charge in [-0.15, -0.1) is 0 Å². The Kier molecular flexibility index (Phi) is 6.72. The molecule has 2 saturated carbocycles. The predicted octanol–water partition coefficient (Wildman–Crippen LogP) is 6.74. The minimum absolute atomic E-state index is 0.218. The Labute approximate surface area is 165 Å². The predicted molar refractivity (Wildman–Crippen MR) is 103 cm³/mol. The van der Waals surface area contributed by atoms with Crippen molar-refractivity contribution in [1.82, 2.24) is 0 Å². The first-order chi connectivity index (χ1) is 13.4. The zero-order valence-corrected chi connectivity index (χ0v) is 16.8. The van der Waals surface area contributed by atoms with E-state index in [0.717, 1.165) is 82.8 Å². The summed E-state index contributed by atoms with van der Waals surface area (Å²) < 4.78 is 47.6. The summed E-state index contributed by atoms with van der Waals surface area (Å²) in [5.41, 5.74) is -1.33. The molecule has 0 N–H and O–H groups in total. The zero-order chi connectivity index (χ0) is 20.2. The normalized spacial score (nSPS) is 21.3. The molecule has 156 valence electrons. The van der Waals surface area contributed by atoms with E-state index in [-0.39, 0.29) is 11.5 Å². The molecule has 2 aliphatic carbocycles. The molecule has 0 heterocycles. The average Bonchev–Trinajstić information content (AvgIpc) is 2.71. The topological polar surface area (TPSA) is 26.3 Å². The number of benzene rings is 1. The number of halogens is 3. The summed E-state index contributed by atoms with van der Waals surface area (Å²) in [6.45, 7) is 2.12. The van der Waals surface area contributed by atoms with E-state index in [1.165, 1.54) is 0 Å². The van der Waals surface area contributed by atoms with Crippen molar-refractivity contribution in [2.75, 3.05) is 0 Å². The lowest BCUT2D eigenvalue weighted by molar-refractivity contribution is -0.173. The van der Waals surface area contributed by atoms with Crippen LogP contribution in [0, 0.1) is 17.5 Å². The Morgan fingerprint density at radius 3 is 2.00 bits per heavy atom. The molecular weight excluding hydrogens is 365 g/mol. The van der Waals surface area contributed by atoms with Gasteiger partial charge in [0, 0.05) is 0 Å². The van der Waals surface area contributed by atoms with Gasteiger partial charge in [-0.05, 0) is 69.1 Å². The number of rotatable bonds is 6. The van der Waals surface area contributed by atoms with Crippen LogP contribution in [0.1, 0.15) is 96.0 Å². The van der Waals surface area contributed by atoms with Gasteiger partial charge >= 0.3 is 5.97 Å². The van der Waals surface area contributed by atoms with Crippen LogP contribution < -0.4 is 0 Å². The molecule has 0 radical (unpaired) electrons. The highest BCUT2D eigenvalue weighted by molar-refractivity contribution is 5.84. The SMILES string of the molecule is CCCCC1(OC(=O)C2(c3cc(F)c(F)c(F)c3)CCCCC2)CCCCC1. The maximum Gasteiger partial charge on any atom is 0.317 e. The van der Waals surface area contributed by atoms with Crippen LogP contribution in [0.15, 0.2) is 12.1 Å². The molecule has 0 spiro atoms. The quantitative estimate of drug-likeness (QED) is 0.393. The molecule has 1 aromatic carbocycles. The van der Waals surface area contributed by atoms with Crippen LogP contribution in [-0.2, 0) is 14.9 Å². The van der Waals surface area contributed by atoms with Crippen LogP contribution in [0.4, 0.5) is 13.2 Å². The Bertz CT molecular complexity index is 666. The molecule has 2 nitrogen and oxygen atoms in total. The molecule has 0 aliphatic heterocycles. The second kappa shape index (κ2) is 8.87. The van der Waals surface area contributed by atoms with Gasteiger partial charge in [0.2, 0.25) is 0 Å². The lowest BCUT2D eigenvalue weighted by Crippen LogP contribution is -2.46. The first-order valence-electron chi connectivity index (χ1n) is 10.8. The maximum atomic E-state index is 14.0. The van der Waals surface area contributed by atoms with E-state index in [1.54, 1.807) is 0 Å². The molecule has 2 aliphatic rings. The summed E-state index contributed by atoms with van der Waals surface area (Å²) in [4.78, 5) is 13.5. The fourth-order valence-corrected chi connectivity index (χ4v) is 4.99. The molecule has 1 aromatic rings. The van der Waals surface area contributed by atoms with Gasteiger partial charge in [-0.3, -0.25) is 4.79 Å². The van der Waals surface area contributed by atoms with Gasteiger partial charge < -0.3 is 4.74 Å². The van der Waals surface area contributed by atoms with E-state index in [1.807, 2.05) is 0 Å². The van der Waals surface area contributed by atoms with Gasteiger partial charge in [-0.2, -0.15) is 0 Å². The van der Waals surface area contributed by atoms with E-state index < -0.39 is 28.5 Å². The lowest BCUT2D eigenvalue weighted by Gasteiger charge is -2.42. The van der Waals surface area contributed by atoms with Gasteiger partial charge in [-0.25, -0.2) is 13.2 Å². The standard InChI is InChI=1S/C23H31F3O2/c1-2-3-10-22(11-6-4-7-12-22)28-21(27)23(13-8-5-9-14-23)17-15-18(24)20(26)19(25)16-17/h15-16H,2-14H2,1H3. The molecule has 0 aromatic heterocycles. The second-order valence-electron chi connectivity index (χ2n) is 8.63. The highest BCUT2D eigenvalue weighted by Crippen LogP contribution is 2.44. The molecule has 0 amide bonds. The highest BCUT2D eigenvalue weighted by atomic mass is 19.2. The van der Waals surface area contributed by atoms with Crippen molar-refractivity contribution in [3.63, 3.8) is 0 Å². The van der Waals surface area contributed by atoms with Crippen LogP contribution in [0.2, 0.25) is 0 Å². The molecule has 0 atom stereocenters. The average molecular weight is 396 g/mol. The summed E-state index contributed by atoms with van der Waals surface area (Å²) in [5, 5.41) is 0. The summed E-state index contributed by atoms with van der Waals surface area (Å²) >= 11 is 0. The van der Waals surface area contributed by atoms with Crippen molar-refractivity contribution >= 4 is 5.97 Å². The van der Waals surface area contributed by atoms with Gasteiger partial charge in [0.05, 0.1) is 5.41 Å². The van der Waals surface area contributed by atoms with E-state index in [9.17, 15) is 18.0 Å². The van der Waals surface area contributed by atoms with Crippen LogP contribution in [0.25, 0.3) is 0 Å². The van der Waals surface area contributed by atoms with Crippen molar-refractivity contribution < 1.29 is 22.7 Å². The first kappa shape index (κ1) is 21.2. The van der Waals surface area contributed by atoms with Crippen LogP contribution in [0.5, 0.6) is 0 Å². The number of unbranched alkanes of at least 4 members (excludes halogenated alkanes) is 1. The van der Waals surface area contributed by atoms with E-state index in [2.05, 4.69) is 6.92 Å². The van der Waals surface area contributed by atoms with Crippen molar-refractivity contribution in [2.45, 2.75) is 101 Å². The van der Waals surface area contributed by atoms with Crippen molar-refractivity contribution in [3.8, 4) is 0 Å². The fraction of sp³-hybridized carbons (Fsp3) is 0.696. The number of esters is 1. The third-order valence-corrected chi connectivity index (χ3v) is 6.69. The summed E-state index contributed by atoms with van der Waals surface area (Å²) in [5.74, 6) is -4.36. The highest BCUT2D eigenvalue weighted by Gasteiger charge is 2.47. The van der Waals surface area contributed by atoms with E-state index >= 15 is 0 Å². The Hall–Kier alpha value is -1.52. The molecule has 5 heteroatoms. The Morgan fingerprint density at radius 2 is 1.46 bits per heavy atom. The molecule has 0 unspecified atom stereocenters. The number of ether oxygens (including phenoxy) is 1.